The van der Waals surface area contributed by atoms with Gasteiger partial charge in [0.15, 0.2) is 6.10 Å². The maximum Gasteiger partial charge on any atom is 0.312 e. The SMILES string of the molecule is C=C/C(O)=C\C(=C)CC(C)(C)CC(C)(C)C(=O)OC(c1cccc(F)c1)c1cncn1C.CC.CC. The van der Waals surface area contributed by atoms with Gasteiger partial charge in [-0.25, -0.2) is 9.37 Å². The van der Waals surface area contributed by atoms with Crippen LogP contribution in [0.25, 0.3) is 0 Å². The largest absolute Gasteiger partial charge is 0.508 e. The third-order valence-electron chi connectivity index (χ3n) is 5.24. The Morgan fingerprint density at radius 3 is 2.33 bits per heavy atom. The molecule has 0 saturated carbocycles. The Kier molecular flexibility index (Phi) is 13.8. The quantitative estimate of drug-likeness (QED) is 0.203. The molecular formula is C30H45FN2O3. The van der Waals surface area contributed by atoms with E-state index < -0.39 is 23.3 Å². The fourth-order valence-corrected chi connectivity index (χ4v) is 4.12. The predicted octanol–water partition coefficient (Wildman–Crippen LogP) is 8.26. The van der Waals surface area contributed by atoms with Gasteiger partial charge in [0, 0.05) is 12.6 Å². The summed E-state index contributed by atoms with van der Waals surface area (Å²) in [6.07, 6.45) is 6.46. The predicted molar refractivity (Wildman–Crippen MR) is 147 cm³/mol. The van der Waals surface area contributed by atoms with Crippen LogP contribution in [-0.4, -0.2) is 20.6 Å². The van der Waals surface area contributed by atoms with E-state index in [1.807, 2.05) is 55.4 Å². The molecule has 1 heterocycles. The highest BCUT2D eigenvalue weighted by atomic mass is 19.1. The Morgan fingerprint density at radius 2 is 1.83 bits per heavy atom. The van der Waals surface area contributed by atoms with E-state index in [2.05, 4.69) is 18.1 Å². The molecule has 0 amide bonds. The average Bonchev–Trinajstić information content (AvgIpc) is 3.23. The number of benzene rings is 1. The first-order chi connectivity index (χ1) is 16.8. The van der Waals surface area contributed by atoms with Gasteiger partial charge in [-0.15, -0.1) is 0 Å². The lowest BCUT2D eigenvalue weighted by atomic mass is 9.72. The zero-order valence-electron chi connectivity index (χ0n) is 23.6. The molecule has 2 rings (SSSR count). The minimum atomic E-state index is -0.821. The van der Waals surface area contributed by atoms with E-state index in [1.54, 1.807) is 42.3 Å². The molecule has 0 saturated heterocycles. The molecule has 0 spiro atoms. The number of allylic oxidation sites excluding steroid dienone is 3. The van der Waals surface area contributed by atoms with Gasteiger partial charge in [0.25, 0.3) is 0 Å². The Balaban J connectivity index is 0.00000291. The summed E-state index contributed by atoms with van der Waals surface area (Å²) in [5.74, 6) is -0.741. The second-order valence-electron chi connectivity index (χ2n) is 9.60. The number of aryl methyl sites for hydroxylation is 1. The number of carbonyl (C=O) groups excluding carboxylic acids is 1. The van der Waals surface area contributed by atoms with E-state index in [0.717, 1.165) is 5.57 Å². The number of hydrogen-bond donors (Lipinski definition) is 1. The van der Waals surface area contributed by atoms with Crippen molar-refractivity contribution in [3.63, 3.8) is 0 Å². The van der Waals surface area contributed by atoms with Crippen LogP contribution in [0.3, 0.4) is 0 Å². The first kappa shape index (κ1) is 32.8. The van der Waals surface area contributed by atoms with Gasteiger partial charge >= 0.3 is 5.97 Å². The van der Waals surface area contributed by atoms with Crippen molar-refractivity contribution in [1.29, 1.82) is 0 Å². The maximum atomic E-state index is 13.9. The molecule has 0 aliphatic carbocycles. The molecule has 1 N–H and O–H groups in total. The Bertz CT molecular complexity index is 1020. The van der Waals surface area contributed by atoms with Crippen molar-refractivity contribution in [2.24, 2.45) is 17.9 Å². The number of ether oxygens (including phenoxy) is 1. The van der Waals surface area contributed by atoms with Crippen molar-refractivity contribution in [1.82, 2.24) is 9.55 Å². The van der Waals surface area contributed by atoms with E-state index in [1.165, 1.54) is 18.2 Å². The van der Waals surface area contributed by atoms with Gasteiger partial charge in [-0.1, -0.05) is 72.4 Å². The number of hydrogen-bond acceptors (Lipinski definition) is 4. The Morgan fingerprint density at radius 1 is 1.22 bits per heavy atom. The maximum absolute atomic E-state index is 13.9. The van der Waals surface area contributed by atoms with Gasteiger partial charge in [-0.05, 0) is 56.4 Å². The number of aromatic nitrogens is 2. The zero-order chi connectivity index (χ0) is 28.1. The molecule has 36 heavy (non-hydrogen) atoms. The summed E-state index contributed by atoms with van der Waals surface area (Å²) >= 11 is 0. The molecule has 1 aromatic carbocycles. The minimum Gasteiger partial charge on any atom is -0.508 e. The van der Waals surface area contributed by atoms with Crippen LogP contribution in [0, 0.1) is 16.6 Å². The van der Waals surface area contributed by atoms with Crippen molar-refractivity contribution in [2.45, 2.75) is 74.3 Å². The summed E-state index contributed by atoms with van der Waals surface area (Å²) in [6, 6.07) is 6.04. The average molecular weight is 501 g/mol. The second-order valence-corrected chi connectivity index (χ2v) is 9.60. The summed E-state index contributed by atoms with van der Waals surface area (Å²) in [4.78, 5) is 17.4. The molecule has 2 aromatic rings. The number of halogens is 1. The monoisotopic (exact) mass is 500 g/mol. The summed E-state index contributed by atoms with van der Waals surface area (Å²) in [5.41, 5.74) is 0.813. The molecule has 1 atom stereocenters. The minimum absolute atomic E-state index is 0.0542. The fourth-order valence-electron chi connectivity index (χ4n) is 4.12. The van der Waals surface area contributed by atoms with E-state index >= 15 is 0 Å². The molecule has 0 bridgehead atoms. The summed E-state index contributed by atoms with van der Waals surface area (Å²) in [7, 11) is 1.80. The molecule has 0 aliphatic heterocycles. The van der Waals surface area contributed by atoms with E-state index in [-0.39, 0.29) is 11.2 Å². The molecule has 0 fully saturated rings. The topological polar surface area (TPSA) is 64.3 Å². The van der Waals surface area contributed by atoms with E-state index in [9.17, 15) is 14.3 Å². The van der Waals surface area contributed by atoms with Gasteiger partial charge in [0.05, 0.1) is 23.6 Å². The summed E-state index contributed by atoms with van der Waals surface area (Å²) in [6.45, 7) is 23.3. The lowest BCUT2D eigenvalue weighted by Crippen LogP contribution is -2.33. The standard InChI is InChI=1S/C26H33FN2O3.2C2H6/c1-8-21(30)12-18(2)14-25(3,4)16-26(5,6)24(31)32-23(22-15-28-17-29(22)7)19-10-9-11-20(27)13-19;2*1-2/h8-13,15,17,23,30H,1-2,14,16H2,3-7H3;2*1-2H3/b21-12+;;. The number of aliphatic hydroxyl groups is 1. The smallest absolute Gasteiger partial charge is 0.312 e. The van der Waals surface area contributed by atoms with Crippen LogP contribution in [0.1, 0.15) is 85.6 Å². The van der Waals surface area contributed by atoms with Gasteiger partial charge in [0.1, 0.15) is 11.6 Å². The van der Waals surface area contributed by atoms with Crippen molar-refractivity contribution in [2.75, 3.05) is 0 Å². The molecule has 5 nitrogen and oxygen atoms in total. The van der Waals surface area contributed by atoms with Crippen LogP contribution in [0.2, 0.25) is 0 Å². The molecule has 6 heteroatoms. The number of aliphatic hydroxyl groups excluding tert-OH is 1. The lowest BCUT2D eigenvalue weighted by Gasteiger charge is -2.34. The second kappa shape index (κ2) is 15.1. The molecule has 200 valence electrons. The van der Waals surface area contributed by atoms with Crippen molar-refractivity contribution >= 4 is 5.97 Å². The molecule has 0 aliphatic rings. The van der Waals surface area contributed by atoms with Gasteiger partial charge in [0.2, 0.25) is 0 Å². The van der Waals surface area contributed by atoms with Gasteiger partial charge in [-0.2, -0.15) is 0 Å². The number of rotatable bonds is 10. The van der Waals surface area contributed by atoms with Crippen LogP contribution in [0.15, 0.2) is 73.4 Å². The third-order valence-corrected chi connectivity index (χ3v) is 5.24. The van der Waals surface area contributed by atoms with E-state index in [0.29, 0.717) is 24.1 Å². The van der Waals surface area contributed by atoms with Crippen LogP contribution < -0.4 is 0 Å². The highest BCUT2D eigenvalue weighted by Crippen LogP contribution is 2.40. The summed E-state index contributed by atoms with van der Waals surface area (Å²) in [5, 5.41) is 9.66. The lowest BCUT2D eigenvalue weighted by molar-refractivity contribution is -0.160. The van der Waals surface area contributed by atoms with Gasteiger partial charge < -0.3 is 14.4 Å². The number of carbonyl (C=O) groups is 1. The first-order valence-corrected chi connectivity index (χ1v) is 12.5. The molecule has 0 radical (unpaired) electrons. The van der Waals surface area contributed by atoms with Crippen molar-refractivity contribution in [3.8, 4) is 0 Å². The van der Waals surface area contributed by atoms with E-state index in [4.69, 9.17) is 4.74 Å². The molecule has 1 aromatic heterocycles. The normalized spacial score (nSPS) is 12.3. The zero-order valence-corrected chi connectivity index (χ0v) is 23.6. The number of esters is 1. The van der Waals surface area contributed by atoms with Crippen molar-refractivity contribution in [3.05, 3.63) is 90.5 Å². The van der Waals surface area contributed by atoms with Crippen LogP contribution >= 0.6 is 0 Å². The first-order valence-electron chi connectivity index (χ1n) is 12.5. The third kappa shape index (κ3) is 10.2. The van der Waals surface area contributed by atoms with Crippen molar-refractivity contribution < 1.29 is 19.0 Å². The highest BCUT2D eigenvalue weighted by Gasteiger charge is 2.38. The van der Waals surface area contributed by atoms with Crippen LogP contribution in [0.4, 0.5) is 4.39 Å². The highest BCUT2D eigenvalue weighted by molar-refractivity contribution is 5.76. The fraction of sp³-hybridized carbons (Fsp3) is 0.467. The Labute approximate surface area is 217 Å². The summed E-state index contributed by atoms with van der Waals surface area (Å²) < 4.78 is 21.6. The van der Waals surface area contributed by atoms with Crippen LogP contribution in [0.5, 0.6) is 0 Å². The molecular weight excluding hydrogens is 455 g/mol. The Hall–Kier alpha value is -3.15. The van der Waals surface area contributed by atoms with Gasteiger partial charge in [-0.3, -0.25) is 4.79 Å². The molecule has 1 unspecified atom stereocenters. The van der Waals surface area contributed by atoms with Crippen LogP contribution in [-0.2, 0) is 16.6 Å². The number of nitrogens with zero attached hydrogens (tertiary/aromatic N) is 2. The number of imidazole rings is 1.